The van der Waals surface area contributed by atoms with Crippen LogP contribution in [0.4, 0.5) is 5.69 Å². The Morgan fingerprint density at radius 1 is 1.36 bits per heavy atom. The van der Waals surface area contributed by atoms with E-state index >= 15 is 0 Å². The summed E-state index contributed by atoms with van der Waals surface area (Å²) < 4.78 is 5.38. The minimum atomic E-state index is 0.443. The van der Waals surface area contributed by atoms with Crippen LogP contribution in [0.15, 0.2) is 41.0 Å². The lowest BCUT2D eigenvalue weighted by Crippen LogP contribution is -1.99. The van der Waals surface area contributed by atoms with Gasteiger partial charge in [-0.3, -0.25) is 0 Å². The van der Waals surface area contributed by atoms with E-state index in [2.05, 4.69) is 6.08 Å². The van der Waals surface area contributed by atoms with Gasteiger partial charge in [0.2, 0.25) is 0 Å². The maximum Gasteiger partial charge on any atom is 0.104 e. The molecule has 1 unspecified atom stereocenters. The second-order valence-electron chi connectivity index (χ2n) is 3.31. The first-order chi connectivity index (χ1) is 6.74. The van der Waals surface area contributed by atoms with Crippen LogP contribution in [0.25, 0.3) is 0 Å². The van der Waals surface area contributed by atoms with E-state index in [4.69, 9.17) is 10.5 Å². The zero-order chi connectivity index (χ0) is 9.97. The van der Waals surface area contributed by atoms with Gasteiger partial charge >= 0.3 is 0 Å². The van der Waals surface area contributed by atoms with Crippen LogP contribution in [0.1, 0.15) is 6.92 Å². The van der Waals surface area contributed by atoms with Crippen molar-refractivity contribution in [1.82, 2.24) is 0 Å². The van der Waals surface area contributed by atoms with Gasteiger partial charge in [-0.2, -0.15) is 0 Å². The molecule has 0 fully saturated rings. The average molecular weight is 207 g/mol. The number of nitrogen functional groups attached to an aromatic ring is 1. The summed E-state index contributed by atoms with van der Waals surface area (Å²) in [4.78, 5) is 1.23. The minimum Gasteiger partial charge on any atom is -0.497 e. The van der Waals surface area contributed by atoms with Crippen LogP contribution in [-0.4, -0.2) is 11.9 Å². The normalized spacial score (nSPS) is 20.4. The number of allylic oxidation sites excluding steroid dienone is 1. The maximum absolute atomic E-state index is 5.61. The molecule has 1 aliphatic rings. The van der Waals surface area contributed by atoms with Crippen LogP contribution in [0.2, 0.25) is 0 Å². The predicted molar refractivity (Wildman–Crippen MR) is 60.2 cm³/mol. The second-order valence-corrected chi connectivity index (χ2v) is 4.63. The van der Waals surface area contributed by atoms with Gasteiger partial charge in [0.1, 0.15) is 6.61 Å². The largest absolute Gasteiger partial charge is 0.497 e. The molecule has 2 N–H and O–H groups in total. The fourth-order valence-corrected chi connectivity index (χ4v) is 2.40. The molecule has 1 aromatic carbocycles. The van der Waals surface area contributed by atoms with Crippen molar-refractivity contribution in [3.63, 3.8) is 0 Å². The molecule has 2 nitrogen and oxygen atoms in total. The van der Waals surface area contributed by atoms with Crippen molar-refractivity contribution < 1.29 is 4.74 Å². The summed E-state index contributed by atoms with van der Waals surface area (Å²) in [7, 11) is 0. The van der Waals surface area contributed by atoms with Gasteiger partial charge in [-0.05, 0) is 37.3 Å². The topological polar surface area (TPSA) is 35.2 Å². The van der Waals surface area contributed by atoms with Crippen molar-refractivity contribution in [2.45, 2.75) is 17.1 Å². The van der Waals surface area contributed by atoms with Crippen molar-refractivity contribution >= 4 is 17.4 Å². The molecule has 0 amide bonds. The van der Waals surface area contributed by atoms with E-state index in [1.54, 1.807) is 11.8 Å². The van der Waals surface area contributed by atoms with Gasteiger partial charge in [0.25, 0.3) is 0 Å². The summed E-state index contributed by atoms with van der Waals surface area (Å²) in [5.41, 5.74) is 6.42. The summed E-state index contributed by atoms with van der Waals surface area (Å²) in [6.45, 7) is 2.77. The summed E-state index contributed by atoms with van der Waals surface area (Å²) in [6, 6.07) is 7.94. The van der Waals surface area contributed by atoms with Crippen LogP contribution >= 0.6 is 11.8 Å². The zero-order valence-electron chi connectivity index (χ0n) is 8.07. The molecule has 0 bridgehead atoms. The number of benzene rings is 1. The number of rotatable bonds is 2. The summed E-state index contributed by atoms with van der Waals surface area (Å²) in [6.07, 6.45) is 2.15. The lowest BCUT2D eigenvalue weighted by Gasteiger charge is -2.05. The molecule has 0 saturated carbocycles. The Morgan fingerprint density at radius 2 is 2.07 bits per heavy atom. The highest BCUT2D eigenvalue weighted by molar-refractivity contribution is 8.00. The van der Waals surface area contributed by atoms with E-state index in [1.165, 1.54) is 4.90 Å². The molecule has 0 aliphatic carbocycles. The summed E-state index contributed by atoms with van der Waals surface area (Å²) in [5.74, 6) is 1.03. The molecular formula is C11H13NOS. The lowest BCUT2D eigenvalue weighted by atomic mass is 10.3. The summed E-state index contributed by atoms with van der Waals surface area (Å²) in [5, 5.41) is 0.443. The first kappa shape index (κ1) is 9.46. The van der Waals surface area contributed by atoms with Crippen LogP contribution in [-0.2, 0) is 4.74 Å². The number of anilines is 1. The van der Waals surface area contributed by atoms with Gasteiger partial charge in [-0.1, -0.05) is 0 Å². The predicted octanol–water partition coefficient (Wildman–Crippen LogP) is 2.66. The van der Waals surface area contributed by atoms with E-state index in [0.717, 1.165) is 18.1 Å². The molecule has 1 aromatic rings. The van der Waals surface area contributed by atoms with Gasteiger partial charge < -0.3 is 10.5 Å². The maximum atomic E-state index is 5.61. The van der Waals surface area contributed by atoms with Crippen molar-refractivity contribution in [3.05, 3.63) is 36.1 Å². The number of hydrogen-bond donors (Lipinski definition) is 1. The fraction of sp³-hybridized carbons (Fsp3) is 0.273. The average Bonchev–Trinajstić information content (AvgIpc) is 2.56. The standard InChI is InChI=1S/C11H13NOS/c1-8-6-11(7-13-8)14-10-4-2-9(12)3-5-10/h2-6,11H,7,12H2,1H3. The van der Waals surface area contributed by atoms with Crippen molar-refractivity contribution in [2.24, 2.45) is 0 Å². The number of ether oxygens (including phenoxy) is 1. The highest BCUT2D eigenvalue weighted by Gasteiger charge is 2.15. The van der Waals surface area contributed by atoms with Crippen LogP contribution < -0.4 is 5.73 Å². The third-order valence-electron chi connectivity index (χ3n) is 2.06. The Balaban J connectivity index is 2.01. The SMILES string of the molecule is CC1=CC(Sc2ccc(N)cc2)CO1. The molecule has 1 atom stereocenters. The van der Waals surface area contributed by atoms with Gasteiger partial charge in [0, 0.05) is 10.6 Å². The van der Waals surface area contributed by atoms with E-state index in [0.29, 0.717) is 5.25 Å². The number of hydrogen-bond acceptors (Lipinski definition) is 3. The first-order valence-electron chi connectivity index (χ1n) is 4.57. The molecule has 14 heavy (non-hydrogen) atoms. The van der Waals surface area contributed by atoms with Gasteiger partial charge in [0.05, 0.1) is 11.0 Å². The molecule has 74 valence electrons. The van der Waals surface area contributed by atoms with E-state index in [1.807, 2.05) is 31.2 Å². The second kappa shape index (κ2) is 3.96. The third kappa shape index (κ3) is 2.23. The van der Waals surface area contributed by atoms with Gasteiger partial charge in [-0.25, -0.2) is 0 Å². The Hall–Kier alpha value is -1.09. The Morgan fingerprint density at radius 3 is 2.64 bits per heavy atom. The minimum absolute atomic E-state index is 0.443. The van der Waals surface area contributed by atoms with Crippen LogP contribution in [0.5, 0.6) is 0 Å². The molecule has 0 saturated heterocycles. The van der Waals surface area contributed by atoms with Gasteiger partial charge in [-0.15, -0.1) is 11.8 Å². The molecule has 0 aromatic heterocycles. The lowest BCUT2D eigenvalue weighted by molar-refractivity contribution is 0.249. The first-order valence-corrected chi connectivity index (χ1v) is 5.45. The van der Waals surface area contributed by atoms with Crippen LogP contribution in [0, 0.1) is 0 Å². The molecule has 0 radical (unpaired) electrons. The van der Waals surface area contributed by atoms with Crippen molar-refractivity contribution in [1.29, 1.82) is 0 Å². The Bertz CT molecular complexity index is 345. The van der Waals surface area contributed by atoms with Crippen molar-refractivity contribution in [3.8, 4) is 0 Å². The third-order valence-corrected chi connectivity index (χ3v) is 3.18. The highest BCUT2D eigenvalue weighted by atomic mass is 32.2. The van der Waals surface area contributed by atoms with E-state index < -0.39 is 0 Å². The summed E-state index contributed by atoms with van der Waals surface area (Å²) >= 11 is 1.81. The van der Waals surface area contributed by atoms with E-state index in [9.17, 15) is 0 Å². The highest BCUT2D eigenvalue weighted by Crippen LogP contribution is 2.29. The fourth-order valence-electron chi connectivity index (χ4n) is 1.36. The molecule has 1 heterocycles. The van der Waals surface area contributed by atoms with Gasteiger partial charge in [0.15, 0.2) is 0 Å². The quantitative estimate of drug-likeness (QED) is 0.757. The Kier molecular flexibility index (Phi) is 2.68. The molecular weight excluding hydrogens is 194 g/mol. The molecule has 3 heteroatoms. The molecule has 0 spiro atoms. The monoisotopic (exact) mass is 207 g/mol. The smallest absolute Gasteiger partial charge is 0.104 e. The zero-order valence-corrected chi connectivity index (χ0v) is 8.88. The molecule has 1 aliphatic heterocycles. The van der Waals surface area contributed by atoms with E-state index in [-0.39, 0.29) is 0 Å². The van der Waals surface area contributed by atoms with Crippen molar-refractivity contribution in [2.75, 3.05) is 12.3 Å². The number of thioether (sulfide) groups is 1. The molecule has 2 rings (SSSR count). The Labute approximate surface area is 88.1 Å². The van der Waals surface area contributed by atoms with Crippen LogP contribution in [0.3, 0.4) is 0 Å². The number of nitrogens with two attached hydrogens (primary N) is 1.